The summed E-state index contributed by atoms with van der Waals surface area (Å²) < 4.78 is 27.7. The summed E-state index contributed by atoms with van der Waals surface area (Å²) in [6.07, 6.45) is 2.53. The number of likely N-dealkylation sites (tertiary alicyclic amines) is 1. The first-order valence-corrected chi connectivity index (χ1v) is 13.2. The number of sulfonamides is 1. The molecule has 0 aromatic heterocycles. The van der Waals surface area contributed by atoms with E-state index in [1.54, 1.807) is 36.4 Å². The van der Waals surface area contributed by atoms with Gasteiger partial charge in [0.2, 0.25) is 0 Å². The number of hydrogen-bond donors (Lipinski definition) is 2. The minimum absolute atomic E-state index is 0.0943. The summed E-state index contributed by atoms with van der Waals surface area (Å²) in [5.41, 5.74) is 2.67. The summed E-state index contributed by atoms with van der Waals surface area (Å²) in [6.45, 7) is 5.42. The van der Waals surface area contributed by atoms with E-state index in [0.29, 0.717) is 22.0 Å². The van der Waals surface area contributed by atoms with Crippen LogP contribution in [0.1, 0.15) is 35.7 Å². The second kappa shape index (κ2) is 10.6. The lowest BCUT2D eigenvalue weighted by Crippen LogP contribution is -2.33. The molecule has 2 N–H and O–H groups in total. The summed E-state index contributed by atoms with van der Waals surface area (Å²) in [7, 11) is -3.75. The quantitative estimate of drug-likeness (QED) is 0.443. The van der Waals surface area contributed by atoms with Gasteiger partial charge in [-0.2, -0.15) is 0 Å². The average Bonchev–Trinajstić information content (AvgIpc) is 2.81. The fourth-order valence-electron chi connectivity index (χ4n) is 4.10. The Hall–Kier alpha value is -2.87. The molecule has 1 aliphatic heterocycles. The number of nitrogens with zero attached hydrogens (tertiary/aromatic N) is 1. The number of piperidine rings is 1. The summed E-state index contributed by atoms with van der Waals surface area (Å²) >= 11 is 5.84. The number of carbonyl (C=O) groups is 1. The molecule has 6 nitrogen and oxygen atoms in total. The van der Waals surface area contributed by atoms with Gasteiger partial charge in [-0.15, -0.1) is 0 Å². The van der Waals surface area contributed by atoms with Crippen LogP contribution in [0.3, 0.4) is 0 Å². The molecule has 0 saturated carbocycles. The Morgan fingerprint density at radius 3 is 2.26 bits per heavy atom. The zero-order valence-corrected chi connectivity index (χ0v) is 20.6. The van der Waals surface area contributed by atoms with E-state index in [-0.39, 0.29) is 10.8 Å². The van der Waals surface area contributed by atoms with Gasteiger partial charge in [-0.05, 0) is 91.5 Å². The topological polar surface area (TPSA) is 78.5 Å². The van der Waals surface area contributed by atoms with E-state index in [9.17, 15) is 13.2 Å². The zero-order valence-electron chi connectivity index (χ0n) is 19.0. The third kappa shape index (κ3) is 6.38. The van der Waals surface area contributed by atoms with Gasteiger partial charge in [0.15, 0.2) is 0 Å². The van der Waals surface area contributed by atoms with Crippen molar-refractivity contribution in [2.45, 2.75) is 31.2 Å². The summed E-state index contributed by atoms with van der Waals surface area (Å²) in [6, 6.07) is 20.1. The Labute approximate surface area is 206 Å². The van der Waals surface area contributed by atoms with E-state index in [1.807, 2.05) is 24.3 Å². The normalized spacial score (nSPS) is 16.7. The predicted molar refractivity (Wildman–Crippen MR) is 137 cm³/mol. The number of rotatable bonds is 7. The standard InChI is InChI=1S/C26H28ClN3O3S/c1-19-3-2-16-30(17-19)18-20-4-6-21(7-5-20)26(31)28-23-12-14-25(15-13-23)34(32,33)29-24-10-8-22(27)9-11-24/h4-15,19,29H,2-3,16-18H2,1H3,(H,28,31)/t19-/m1/s1. The number of carbonyl (C=O) groups excluding carboxylic acids is 1. The molecule has 0 radical (unpaired) electrons. The molecule has 0 aliphatic carbocycles. The molecule has 3 aromatic rings. The third-order valence-electron chi connectivity index (χ3n) is 5.88. The maximum absolute atomic E-state index is 12.6. The van der Waals surface area contributed by atoms with Crippen LogP contribution in [0.2, 0.25) is 5.02 Å². The molecule has 0 bridgehead atoms. The summed E-state index contributed by atoms with van der Waals surface area (Å²) in [5.74, 6) is 0.487. The van der Waals surface area contributed by atoms with Crippen molar-refractivity contribution in [1.82, 2.24) is 4.90 Å². The number of benzene rings is 3. The van der Waals surface area contributed by atoms with Crippen LogP contribution >= 0.6 is 11.6 Å². The Morgan fingerprint density at radius 2 is 1.62 bits per heavy atom. The molecule has 1 heterocycles. The smallest absolute Gasteiger partial charge is 0.261 e. The maximum Gasteiger partial charge on any atom is 0.261 e. The predicted octanol–water partition coefficient (Wildman–Crippen LogP) is 5.63. The van der Waals surface area contributed by atoms with Crippen LogP contribution in [0.5, 0.6) is 0 Å². The van der Waals surface area contributed by atoms with Crippen LogP contribution in [0.15, 0.2) is 77.7 Å². The van der Waals surface area contributed by atoms with E-state index in [4.69, 9.17) is 11.6 Å². The molecule has 0 unspecified atom stereocenters. The lowest BCUT2D eigenvalue weighted by molar-refractivity contribution is 0.102. The number of nitrogens with one attached hydrogen (secondary N) is 2. The molecule has 3 aromatic carbocycles. The van der Waals surface area contributed by atoms with Crippen molar-refractivity contribution in [3.63, 3.8) is 0 Å². The van der Waals surface area contributed by atoms with Gasteiger partial charge in [-0.25, -0.2) is 8.42 Å². The Morgan fingerprint density at radius 1 is 0.971 bits per heavy atom. The largest absolute Gasteiger partial charge is 0.322 e. The zero-order chi connectivity index (χ0) is 24.1. The minimum Gasteiger partial charge on any atom is -0.322 e. The van der Waals surface area contributed by atoms with Crippen molar-refractivity contribution >= 4 is 38.9 Å². The number of anilines is 2. The third-order valence-corrected chi connectivity index (χ3v) is 7.53. The Balaban J connectivity index is 1.35. The van der Waals surface area contributed by atoms with Gasteiger partial charge in [0.25, 0.3) is 15.9 Å². The molecule has 1 amide bonds. The molecule has 1 atom stereocenters. The van der Waals surface area contributed by atoms with Crippen molar-refractivity contribution < 1.29 is 13.2 Å². The van der Waals surface area contributed by atoms with Crippen molar-refractivity contribution in [2.24, 2.45) is 5.92 Å². The van der Waals surface area contributed by atoms with E-state index in [1.165, 1.54) is 30.5 Å². The summed E-state index contributed by atoms with van der Waals surface area (Å²) in [4.78, 5) is 15.2. The molecule has 178 valence electrons. The van der Waals surface area contributed by atoms with Gasteiger partial charge in [-0.3, -0.25) is 14.4 Å². The maximum atomic E-state index is 12.6. The molecular weight excluding hydrogens is 470 g/mol. The molecule has 1 saturated heterocycles. The molecule has 0 spiro atoms. The van der Waals surface area contributed by atoms with Gasteiger partial charge in [0, 0.05) is 35.1 Å². The highest BCUT2D eigenvalue weighted by Crippen LogP contribution is 2.21. The molecular formula is C26H28ClN3O3S. The van der Waals surface area contributed by atoms with E-state index < -0.39 is 10.0 Å². The number of hydrogen-bond acceptors (Lipinski definition) is 4. The first kappa shape index (κ1) is 24.3. The minimum atomic E-state index is -3.75. The van der Waals surface area contributed by atoms with Crippen LogP contribution in [-0.4, -0.2) is 32.3 Å². The Kier molecular flexibility index (Phi) is 7.56. The molecule has 34 heavy (non-hydrogen) atoms. The molecule has 4 rings (SSSR count). The van der Waals surface area contributed by atoms with E-state index in [0.717, 1.165) is 25.6 Å². The van der Waals surface area contributed by atoms with Crippen molar-refractivity contribution in [2.75, 3.05) is 23.1 Å². The molecule has 1 fully saturated rings. The van der Waals surface area contributed by atoms with Crippen LogP contribution in [0.25, 0.3) is 0 Å². The summed E-state index contributed by atoms with van der Waals surface area (Å²) in [5, 5.41) is 3.34. The highest BCUT2D eigenvalue weighted by atomic mass is 35.5. The Bertz CT molecular complexity index is 1230. The van der Waals surface area contributed by atoms with Gasteiger partial charge in [0.1, 0.15) is 0 Å². The fourth-order valence-corrected chi connectivity index (χ4v) is 5.29. The van der Waals surface area contributed by atoms with Crippen LogP contribution < -0.4 is 10.0 Å². The van der Waals surface area contributed by atoms with Gasteiger partial charge < -0.3 is 5.32 Å². The highest BCUT2D eigenvalue weighted by Gasteiger charge is 2.17. The SMILES string of the molecule is C[C@@H]1CCCN(Cc2ccc(C(=O)Nc3ccc(S(=O)(=O)Nc4ccc(Cl)cc4)cc3)cc2)C1. The van der Waals surface area contributed by atoms with Gasteiger partial charge >= 0.3 is 0 Å². The second-order valence-corrected chi connectivity index (χ2v) is 10.9. The number of amides is 1. The van der Waals surface area contributed by atoms with Crippen molar-refractivity contribution in [3.8, 4) is 0 Å². The lowest BCUT2D eigenvalue weighted by Gasteiger charge is -2.30. The van der Waals surface area contributed by atoms with E-state index in [2.05, 4.69) is 21.9 Å². The highest BCUT2D eigenvalue weighted by molar-refractivity contribution is 7.92. The molecule has 8 heteroatoms. The van der Waals surface area contributed by atoms with Crippen LogP contribution in [-0.2, 0) is 16.6 Å². The average molecular weight is 498 g/mol. The van der Waals surface area contributed by atoms with Gasteiger partial charge in [-0.1, -0.05) is 30.7 Å². The second-order valence-electron chi connectivity index (χ2n) is 8.77. The van der Waals surface area contributed by atoms with Crippen molar-refractivity contribution in [1.29, 1.82) is 0 Å². The van der Waals surface area contributed by atoms with Crippen molar-refractivity contribution in [3.05, 3.63) is 88.9 Å². The number of halogens is 1. The fraction of sp³-hybridized carbons (Fsp3) is 0.269. The first-order chi connectivity index (χ1) is 16.3. The van der Waals surface area contributed by atoms with Crippen LogP contribution in [0, 0.1) is 5.92 Å². The van der Waals surface area contributed by atoms with Crippen LogP contribution in [0.4, 0.5) is 11.4 Å². The lowest BCUT2D eigenvalue weighted by atomic mass is 9.99. The monoisotopic (exact) mass is 497 g/mol. The van der Waals surface area contributed by atoms with Gasteiger partial charge in [0.05, 0.1) is 4.90 Å². The first-order valence-electron chi connectivity index (χ1n) is 11.3. The van der Waals surface area contributed by atoms with E-state index >= 15 is 0 Å². The molecule has 1 aliphatic rings.